The zero-order chi connectivity index (χ0) is 15.8. The fraction of sp³-hybridized carbons (Fsp3) is 0.882. The predicted octanol–water partition coefficient (Wildman–Crippen LogP) is 4.98. The van der Waals surface area contributed by atoms with E-state index in [1.54, 1.807) is 0 Å². The Kier molecular flexibility index (Phi) is 14.6. The van der Waals surface area contributed by atoms with Crippen molar-refractivity contribution < 1.29 is 4.79 Å². The largest absolute Gasteiger partial charge is 0.350 e. The zero-order valence-electron chi connectivity index (χ0n) is 14.1. The van der Waals surface area contributed by atoms with Gasteiger partial charge in [-0.3, -0.25) is 0 Å². The minimum atomic E-state index is -0.587. The van der Waals surface area contributed by atoms with Crippen molar-refractivity contribution in [3.8, 4) is 0 Å². The summed E-state index contributed by atoms with van der Waals surface area (Å²) >= 11 is 0. The maximum atomic E-state index is 10.6. The van der Waals surface area contributed by atoms with Crippen LogP contribution in [-0.2, 0) is 0 Å². The summed E-state index contributed by atoms with van der Waals surface area (Å²) in [6.07, 6.45) is 17.2. The van der Waals surface area contributed by atoms with Gasteiger partial charge in [0.1, 0.15) is 0 Å². The molecule has 0 heterocycles. The van der Waals surface area contributed by atoms with Gasteiger partial charge in [-0.1, -0.05) is 78.1 Å². The number of nitrogens with two attached hydrogens (primary N) is 1. The third kappa shape index (κ3) is 15.2. The van der Waals surface area contributed by atoms with Crippen LogP contribution < -0.4 is 11.2 Å². The van der Waals surface area contributed by atoms with Crippen molar-refractivity contribution in [3.05, 3.63) is 0 Å². The van der Waals surface area contributed by atoms with E-state index in [-0.39, 0.29) is 0 Å². The van der Waals surface area contributed by atoms with Gasteiger partial charge in [-0.15, -0.1) is 0 Å². The molecule has 0 saturated carbocycles. The number of hydrogen-bond acceptors (Lipinski definition) is 2. The van der Waals surface area contributed by atoms with Crippen LogP contribution in [0.5, 0.6) is 0 Å². The van der Waals surface area contributed by atoms with E-state index in [9.17, 15) is 4.79 Å². The highest BCUT2D eigenvalue weighted by atomic mass is 16.2. The Labute approximate surface area is 130 Å². The molecule has 3 N–H and O–H groups in total. The van der Waals surface area contributed by atoms with Crippen molar-refractivity contribution in [2.24, 2.45) is 16.8 Å². The lowest BCUT2D eigenvalue weighted by atomic mass is 9.95. The van der Waals surface area contributed by atoms with Gasteiger partial charge in [-0.05, 0) is 18.8 Å². The molecule has 0 bridgehead atoms. The molecule has 1 atom stereocenters. The topological polar surface area (TPSA) is 67.5 Å². The summed E-state index contributed by atoms with van der Waals surface area (Å²) in [5.74, 6) is 0.472. The van der Waals surface area contributed by atoms with Crippen LogP contribution in [0.2, 0.25) is 0 Å². The fourth-order valence-corrected chi connectivity index (χ4v) is 2.52. The number of nitrogens with one attached hydrogen (secondary N) is 1. The number of primary amides is 1. The first-order chi connectivity index (χ1) is 10.2. The lowest BCUT2D eigenvalue weighted by Gasteiger charge is -2.12. The SMILES string of the molecule is CCCCCCCCC(/C=N/NC(N)=O)CCCCCC. The van der Waals surface area contributed by atoms with E-state index in [1.807, 2.05) is 6.21 Å². The summed E-state index contributed by atoms with van der Waals surface area (Å²) in [5.41, 5.74) is 7.33. The molecule has 0 aliphatic rings. The van der Waals surface area contributed by atoms with Crippen LogP contribution in [0, 0.1) is 5.92 Å². The van der Waals surface area contributed by atoms with Crippen LogP contribution in [0.1, 0.15) is 90.9 Å². The Hall–Kier alpha value is -1.06. The number of carbonyl (C=O) groups excluding carboxylic acids is 1. The molecule has 124 valence electrons. The Balaban J connectivity index is 3.88. The quantitative estimate of drug-likeness (QED) is 0.265. The Morgan fingerprint density at radius 2 is 1.43 bits per heavy atom. The minimum absolute atomic E-state index is 0.472. The molecule has 2 amide bonds. The number of urea groups is 1. The van der Waals surface area contributed by atoms with Crippen LogP contribution in [-0.4, -0.2) is 12.2 Å². The van der Waals surface area contributed by atoms with Crippen LogP contribution >= 0.6 is 0 Å². The number of rotatable bonds is 14. The zero-order valence-corrected chi connectivity index (χ0v) is 14.1. The molecular weight excluding hydrogens is 262 g/mol. The van der Waals surface area contributed by atoms with E-state index in [2.05, 4.69) is 24.4 Å². The molecule has 0 saturated heterocycles. The van der Waals surface area contributed by atoms with Gasteiger partial charge in [0, 0.05) is 6.21 Å². The van der Waals surface area contributed by atoms with E-state index in [4.69, 9.17) is 5.73 Å². The van der Waals surface area contributed by atoms with Crippen LogP contribution in [0.4, 0.5) is 4.79 Å². The molecule has 0 rings (SSSR count). The number of hydrazone groups is 1. The molecule has 0 aliphatic carbocycles. The summed E-state index contributed by atoms with van der Waals surface area (Å²) < 4.78 is 0. The number of carbonyl (C=O) groups is 1. The van der Waals surface area contributed by atoms with Gasteiger partial charge in [0.05, 0.1) is 0 Å². The monoisotopic (exact) mass is 297 g/mol. The molecule has 0 aromatic rings. The summed E-state index contributed by atoms with van der Waals surface area (Å²) in [6.45, 7) is 4.47. The molecule has 0 fully saturated rings. The molecule has 0 aliphatic heterocycles. The number of unbranched alkanes of at least 4 members (excludes halogenated alkanes) is 8. The van der Waals surface area contributed by atoms with Gasteiger partial charge < -0.3 is 5.73 Å². The Bertz CT molecular complexity index is 267. The van der Waals surface area contributed by atoms with Crippen molar-refractivity contribution in [2.75, 3.05) is 0 Å². The first-order valence-corrected chi connectivity index (χ1v) is 8.79. The molecular formula is C17H35N3O. The fourth-order valence-electron chi connectivity index (χ4n) is 2.52. The van der Waals surface area contributed by atoms with Gasteiger partial charge in [0.15, 0.2) is 0 Å². The molecule has 1 unspecified atom stereocenters. The number of hydrogen-bond donors (Lipinski definition) is 2. The van der Waals surface area contributed by atoms with Crippen molar-refractivity contribution in [3.63, 3.8) is 0 Å². The average Bonchev–Trinajstić information content (AvgIpc) is 2.46. The maximum Gasteiger partial charge on any atom is 0.332 e. The summed E-state index contributed by atoms with van der Waals surface area (Å²) in [6, 6.07) is -0.587. The van der Waals surface area contributed by atoms with Gasteiger partial charge in [-0.2, -0.15) is 5.10 Å². The third-order valence-electron chi connectivity index (χ3n) is 3.82. The Morgan fingerprint density at radius 3 is 1.95 bits per heavy atom. The highest BCUT2D eigenvalue weighted by Gasteiger charge is 2.06. The van der Waals surface area contributed by atoms with Crippen molar-refractivity contribution in [2.45, 2.75) is 90.9 Å². The number of nitrogens with zero attached hydrogens (tertiary/aromatic N) is 1. The first kappa shape index (κ1) is 19.9. The summed E-state index contributed by atoms with van der Waals surface area (Å²) in [7, 11) is 0. The predicted molar refractivity (Wildman–Crippen MR) is 91.5 cm³/mol. The molecule has 21 heavy (non-hydrogen) atoms. The Morgan fingerprint density at radius 1 is 0.952 bits per heavy atom. The van der Waals surface area contributed by atoms with Crippen molar-refractivity contribution in [1.29, 1.82) is 0 Å². The van der Waals surface area contributed by atoms with Gasteiger partial charge in [0.25, 0.3) is 0 Å². The smallest absolute Gasteiger partial charge is 0.332 e. The molecule has 0 aromatic carbocycles. The van der Waals surface area contributed by atoms with E-state index < -0.39 is 6.03 Å². The second kappa shape index (κ2) is 15.3. The summed E-state index contributed by atoms with van der Waals surface area (Å²) in [4.78, 5) is 10.6. The number of amides is 2. The molecule has 0 spiro atoms. The van der Waals surface area contributed by atoms with Crippen molar-refractivity contribution in [1.82, 2.24) is 5.43 Å². The van der Waals surface area contributed by atoms with E-state index in [0.717, 1.165) is 0 Å². The van der Waals surface area contributed by atoms with Crippen LogP contribution in [0.3, 0.4) is 0 Å². The minimum Gasteiger partial charge on any atom is -0.350 e. The van der Waals surface area contributed by atoms with E-state index in [0.29, 0.717) is 5.92 Å². The highest BCUT2D eigenvalue weighted by Crippen LogP contribution is 2.17. The summed E-state index contributed by atoms with van der Waals surface area (Å²) in [5, 5.41) is 3.95. The third-order valence-corrected chi connectivity index (χ3v) is 3.82. The lowest BCUT2D eigenvalue weighted by Crippen LogP contribution is -2.25. The molecule has 4 nitrogen and oxygen atoms in total. The van der Waals surface area contributed by atoms with E-state index >= 15 is 0 Å². The molecule has 4 heteroatoms. The average molecular weight is 297 g/mol. The van der Waals surface area contributed by atoms with Gasteiger partial charge in [0.2, 0.25) is 0 Å². The van der Waals surface area contributed by atoms with Crippen LogP contribution in [0.25, 0.3) is 0 Å². The first-order valence-electron chi connectivity index (χ1n) is 8.79. The van der Waals surface area contributed by atoms with Crippen molar-refractivity contribution >= 4 is 12.2 Å². The lowest BCUT2D eigenvalue weighted by molar-refractivity contribution is 0.249. The van der Waals surface area contributed by atoms with Crippen LogP contribution in [0.15, 0.2) is 5.10 Å². The second-order valence-electron chi connectivity index (χ2n) is 5.92. The van der Waals surface area contributed by atoms with Gasteiger partial charge in [-0.25, -0.2) is 10.2 Å². The molecule has 0 aromatic heterocycles. The normalized spacial score (nSPS) is 12.7. The maximum absolute atomic E-state index is 10.6. The second-order valence-corrected chi connectivity index (χ2v) is 5.92. The van der Waals surface area contributed by atoms with Gasteiger partial charge >= 0.3 is 6.03 Å². The standard InChI is InChI=1S/C17H35N3O/c1-3-5-7-9-10-12-14-16(13-11-8-6-4-2)15-19-20-17(18)21/h15-16H,3-14H2,1-2H3,(H3,18,20,21)/b19-15+. The molecule has 0 radical (unpaired) electrons. The highest BCUT2D eigenvalue weighted by molar-refractivity contribution is 5.73. The van der Waals surface area contributed by atoms with E-state index in [1.165, 1.54) is 77.0 Å².